The smallest absolute Gasteiger partial charge is 0.270 e. The van der Waals surface area contributed by atoms with Gasteiger partial charge in [-0.3, -0.25) is 15.0 Å². The molecule has 1 aliphatic heterocycles. The average Bonchev–Trinajstić information content (AvgIpc) is 2.68. The average molecular weight is 404 g/mol. The van der Waals surface area contributed by atoms with Gasteiger partial charge in [-0.05, 0) is 49.5 Å². The lowest BCUT2D eigenvalue weighted by atomic mass is 10.1. The van der Waals surface area contributed by atoms with Crippen LogP contribution in [0, 0.1) is 17.0 Å². The van der Waals surface area contributed by atoms with Gasteiger partial charge in [0.05, 0.1) is 9.82 Å². The molecule has 0 aliphatic carbocycles. The predicted octanol–water partition coefficient (Wildman–Crippen LogP) is 3.37. The van der Waals surface area contributed by atoms with E-state index in [9.17, 15) is 18.5 Å². The Morgan fingerprint density at radius 1 is 1.04 bits per heavy atom. The Bertz CT molecular complexity index is 936. The molecule has 2 aromatic rings. The SMILES string of the molecule is Cc1ccc([N+](=O)[O-])cc1S(=O)(=O)NCc1ccc(CN2CCCCC2)cc1. The maximum atomic E-state index is 12.6. The number of nitrogens with zero attached hydrogens (tertiary/aromatic N) is 2. The highest BCUT2D eigenvalue weighted by Gasteiger charge is 2.20. The highest BCUT2D eigenvalue weighted by Crippen LogP contribution is 2.22. The number of nitro benzene ring substituents is 1. The number of hydrogen-bond donors (Lipinski definition) is 1. The molecule has 8 heteroatoms. The summed E-state index contributed by atoms with van der Waals surface area (Å²) in [6.45, 7) is 4.93. The topological polar surface area (TPSA) is 92.5 Å². The van der Waals surface area contributed by atoms with Gasteiger partial charge in [0.2, 0.25) is 10.0 Å². The molecule has 0 amide bonds. The third-order valence-electron chi connectivity index (χ3n) is 5.02. The van der Waals surface area contributed by atoms with Crippen LogP contribution in [0.5, 0.6) is 0 Å². The Morgan fingerprint density at radius 2 is 1.68 bits per heavy atom. The first-order valence-corrected chi connectivity index (χ1v) is 10.9. The number of hydrogen-bond acceptors (Lipinski definition) is 5. The van der Waals surface area contributed by atoms with E-state index < -0.39 is 14.9 Å². The number of rotatable bonds is 7. The third-order valence-corrected chi connectivity index (χ3v) is 6.56. The molecule has 0 unspecified atom stereocenters. The van der Waals surface area contributed by atoms with Crippen molar-refractivity contribution in [1.29, 1.82) is 0 Å². The van der Waals surface area contributed by atoms with Crippen LogP contribution in [0.3, 0.4) is 0 Å². The van der Waals surface area contributed by atoms with Crippen molar-refractivity contribution in [3.63, 3.8) is 0 Å². The van der Waals surface area contributed by atoms with Gasteiger partial charge in [-0.15, -0.1) is 0 Å². The monoisotopic (exact) mass is 403 g/mol. The lowest BCUT2D eigenvalue weighted by Gasteiger charge is -2.26. The standard InChI is InChI=1S/C20H25N3O4S/c1-16-5-10-19(23(24)25)13-20(16)28(26,27)21-14-17-6-8-18(9-7-17)15-22-11-3-2-4-12-22/h5-10,13,21H,2-4,11-12,14-15H2,1H3. The molecule has 1 aliphatic rings. The molecule has 7 nitrogen and oxygen atoms in total. The zero-order valence-electron chi connectivity index (χ0n) is 15.9. The minimum atomic E-state index is -3.84. The van der Waals surface area contributed by atoms with Gasteiger partial charge in [-0.2, -0.15) is 0 Å². The Hall–Kier alpha value is -2.29. The van der Waals surface area contributed by atoms with Crippen molar-refractivity contribution in [2.45, 2.75) is 44.2 Å². The highest BCUT2D eigenvalue weighted by atomic mass is 32.2. The fourth-order valence-corrected chi connectivity index (χ4v) is 4.67. The number of non-ortho nitro benzene ring substituents is 1. The number of piperidine rings is 1. The molecule has 2 aromatic carbocycles. The normalized spacial score (nSPS) is 15.5. The molecular weight excluding hydrogens is 378 g/mol. The van der Waals surface area contributed by atoms with E-state index in [1.165, 1.54) is 37.0 Å². The molecule has 1 heterocycles. The molecule has 3 rings (SSSR count). The van der Waals surface area contributed by atoms with Crippen molar-refractivity contribution in [3.05, 3.63) is 69.3 Å². The minimum absolute atomic E-state index is 0.0663. The molecule has 0 radical (unpaired) electrons. The molecule has 0 aromatic heterocycles. The van der Waals surface area contributed by atoms with Gasteiger partial charge in [-0.25, -0.2) is 13.1 Å². The minimum Gasteiger partial charge on any atom is -0.299 e. The second kappa shape index (κ2) is 8.81. The molecule has 1 saturated heterocycles. The van der Waals surface area contributed by atoms with E-state index in [4.69, 9.17) is 0 Å². The van der Waals surface area contributed by atoms with Gasteiger partial charge >= 0.3 is 0 Å². The van der Waals surface area contributed by atoms with E-state index in [0.29, 0.717) is 5.56 Å². The summed E-state index contributed by atoms with van der Waals surface area (Å²) in [5.41, 5.74) is 2.28. The Morgan fingerprint density at radius 3 is 2.32 bits per heavy atom. The second-order valence-corrected chi connectivity index (χ2v) is 8.92. The van der Waals surface area contributed by atoms with Crippen molar-refractivity contribution >= 4 is 15.7 Å². The number of sulfonamides is 1. The van der Waals surface area contributed by atoms with Crippen molar-refractivity contribution in [3.8, 4) is 0 Å². The fraction of sp³-hybridized carbons (Fsp3) is 0.400. The summed E-state index contributed by atoms with van der Waals surface area (Å²) >= 11 is 0. The van der Waals surface area contributed by atoms with Gasteiger partial charge in [0.1, 0.15) is 0 Å². The summed E-state index contributed by atoms with van der Waals surface area (Å²) in [5.74, 6) is 0. The van der Waals surface area contributed by atoms with Crippen molar-refractivity contribution in [2.24, 2.45) is 0 Å². The van der Waals surface area contributed by atoms with Crippen LogP contribution in [-0.2, 0) is 23.1 Å². The van der Waals surface area contributed by atoms with Crippen LogP contribution in [0.15, 0.2) is 47.4 Å². The lowest BCUT2D eigenvalue weighted by Crippen LogP contribution is -2.29. The van der Waals surface area contributed by atoms with Gasteiger partial charge in [0.15, 0.2) is 0 Å². The summed E-state index contributed by atoms with van der Waals surface area (Å²) in [6.07, 6.45) is 3.80. The Kier molecular flexibility index (Phi) is 6.43. The van der Waals surface area contributed by atoms with Crippen LogP contribution in [0.25, 0.3) is 0 Å². The molecule has 0 saturated carbocycles. The zero-order valence-corrected chi connectivity index (χ0v) is 16.7. The quantitative estimate of drug-likeness (QED) is 0.565. The third kappa shape index (κ3) is 5.15. The molecule has 150 valence electrons. The van der Waals surface area contributed by atoms with E-state index in [1.807, 2.05) is 24.3 Å². The first-order chi connectivity index (χ1) is 13.3. The fourth-order valence-electron chi connectivity index (χ4n) is 3.39. The molecule has 0 atom stereocenters. The highest BCUT2D eigenvalue weighted by molar-refractivity contribution is 7.89. The first-order valence-electron chi connectivity index (χ1n) is 9.40. The van der Waals surface area contributed by atoms with Crippen LogP contribution >= 0.6 is 0 Å². The maximum Gasteiger partial charge on any atom is 0.270 e. The Balaban J connectivity index is 1.64. The molecule has 0 bridgehead atoms. The van der Waals surface area contributed by atoms with Crippen LogP contribution in [0.4, 0.5) is 5.69 Å². The zero-order chi connectivity index (χ0) is 20.1. The van der Waals surface area contributed by atoms with Crippen LogP contribution in [0.1, 0.15) is 36.0 Å². The van der Waals surface area contributed by atoms with Crippen molar-refractivity contribution in [1.82, 2.24) is 9.62 Å². The van der Waals surface area contributed by atoms with Gasteiger partial charge in [-0.1, -0.05) is 36.8 Å². The van der Waals surface area contributed by atoms with Crippen LogP contribution in [0.2, 0.25) is 0 Å². The van der Waals surface area contributed by atoms with E-state index in [0.717, 1.165) is 31.3 Å². The van der Waals surface area contributed by atoms with Crippen molar-refractivity contribution < 1.29 is 13.3 Å². The van der Waals surface area contributed by atoms with Crippen LogP contribution < -0.4 is 4.72 Å². The summed E-state index contributed by atoms with van der Waals surface area (Å²) in [5, 5.41) is 10.9. The molecule has 0 spiro atoms. The molecule has 1 fully saturated rings. The summed E-state index contributed by atoms with van der Waals surface area (Å²) in [4.78, 5) is 12.7. The largest absolute Gasteiger partial charge is 0.299 e. The van der Waals surface area contributed by atoms with E-state index in [1.54, 1.807) is 6.92 Å². The van der Waals surface area contributed by atoms with Gasteiger partial charge in [0, 0.05) is 25.2 Å². The number of likely N-dealkylation sites (tertiary alicyclic amines) is 1. The van der Waals surface area contributed by atoms with Gasteiger partial charge in [0.25, 0.3) is 5.69 Å². The van der Waals surface area contributed by atoms with Crippen molar-refractivity contribution in [2.75, 3.05) is 13.1 Å². The number of nitro groups is 1. The number of benzene rings is 2. The van der Waals surface area contributed by atoms with Gasteiger partial charge < -0.3 is 0 Å². The summed E-state index contributed by atoms with van der Waals surface area (Å²) in [6, 6.07) is 11.7. The summed E-state index contributed by atoms with van der Waals surface area (Å²) < 4.78 is 27.7. The molecule has 1 N–H and O–H groups in total. The number of nitrogens with one attached hydrogen (secondary N) is 1. The number of aryl methyl sites for hydroxylation is 1. The predicted molar refractivity (Wildman–Crippen MR) is 107 cm³/mol. The Labute approximate surface area is 165 Å². The van der Waals surface area contributed by atoms with E-state index in [2.05, 4.69) is 9.62 Å². The maximum absolute atomic E-state index is 12.6. The summed E-state index contributed by atoms with van der Waals surface area (Å²) in [7, 11) is -3.84. The van der Waals surface area contributed by atoms with E-state index >= 15 is 0 Å². The lowest BCUT2D eigenvalue weighted by molar-refractivity contribution is -0.385. The first kappa shape index (κ1) is 20.4. The molecule has 28 heavy (non-hydrogen) atoms. The van der Waals surface area contributed by atoms with E-state index in [-0.39, 0.29) is 17.1 Å². The second-order valence-electron chi connectivity index (χ2n) is 7.18. The van der Waals surface area contributed by atoms with Crippen LogP contribution in [-0.4, -0.2) is 31.3 Å². The molecular formula is C20H25N3O4S.